The van der Waals surface area contributed by atoms with Crippen LogP contribution >= 0.6 is 22.9 Å². The molecule has 13 heteroatoms. The summed E-state index contributed by atoms with van der Waals surface area (Å²) in [6.07, 6.45) is 3.19. The van der Waals surface area contributed by atoms with E-state index >= 15 is 0 Å². The molecule has 1 aromatic carbocycles. The Hall–Kier alpha value is -3.38. The van der Waals surface area contributed by atoms with E-state index in [2.05, 4.69) is 25.7 Å². The van der Waals surface area contributed by atoms with Crippen LogP contribution in [0.1, 0.15) is 10.6 Å². The summed E-state index contributed by atoms with van der Waals surface area (Å²) < 4.78 is 16.9. The molecule has 0 fully saturated rings. The summed E-state index contributed by atoms with van der Waals surface area (Å²) in [5.41, 5.74) is 0.357. The molecule has 0 amide bonds. The molecule has 0 saturated heterocycles. The summed E-state index contributed by atoms with van der Waals surface area (Å²) in [5.74, 6) is -0.113. The third-order valence-corrected chi connectivity index (χ3v) is 5.01. The van der Waals surface area contributed by atoms with Gasteiger partial charge >= 0.3 is 5.82 Å². The summed E-state index contributed by atoms with van der Waals surface area (Å²) in [6, 6.07) is 7.55. The van der Waals surface area contributed by atoms with Crippen molar-refractivity contribution in [2.75, 3.05) is 5.32 Å². The van der Waals surface area contributed by atoms with E-state index in [0.29, 0.717) is 26.5 Å². The van der Waals surface area contributed by atoms with E-state index in [0.717, 1.165) is 0 Å². The quantitative estimate of drug-likeness (QED) is 0.349. The highest BCUT2D eigenvalue weighted by Gasteiger charge is 2.14. The molecule has 4 aromatic rings. The van der Waals surface area contributed by atoms with Crippen LogP contribution in [0.3, 0.4) is 0 Å². The minimum atomic E-state index is -0.561. The highest BCUT2D eigenvalue weighted by atomic mass is 35.5. The summed E-state index contributed by atoms with van der Waals surface area (Å²) in [4.78, 5) is 10.1. The van der Waals surface area contributed by atoms with Gasteiger partial charge in [-0.25, -0.2) is 4.39 Å². The van der Waals surface area contributed by atoms with Crippen molar-refractivity contribution in [3.8, 4) is 0 Å². The van der Waals surface area contributed by atoms with Crippen LogP contribution in [-0.2, 0) is 13.1 Å². The van der Waals surface area contributed by atoms with Gasteiger partial charge in [-0.3, -0.25) is 4.68 Å². The molecule has 29 heavy (non-hydrogen) atoms. The maximum absolute atomic E-state index is 13.9. The van der Waals surface area contributed by atoms with Crippen LogP contribution in [0.4, 0.5) is 21.2 Å². The summed E-state index contributed by atoms with van der Waals surface area (Å²) in [5, 5.41) is 31.4. The van der Waals surface area contributed by atoms with E-state index in [-0.39, 0.29) is 18.9 Å². The lowest BCUT2D eigenvalue weighted by Gasteiger charge is -2.05. The van der Waals surface area contributed by atoms with Gasteiger partial charge in [0.1, 0.15) is 17.4 Å². The van der Waals surface area contributed by atoms with E-state index in [9.17, 15) is 14.5 Å². The number of nitro groups is 1. The molecule has 0 bridgehead atoms. The van der Waals surface area contributed by atoms with Gasteiger partial charge in [-0.2, -0.15) is 9.78 Å². The zero-order valence-corrected chi connectivity index (χ0v) is 16.1. The lowest BCUT2D eigenvalue weighted by molar-refractivity contribution is -0.389. The zero-order chi connectivity index (χ0) is 20.4. The van der Waals surface area contributed by atoms with Crippen molar-refractivity contribution in [2.45, 2.75) is 13.1 Å². The van der Waals surface area contributed by atoms with Crippen molar-refractivity contribution in [3.05, 3.63) is 74.3 Å². The fourth-order valence-corrected chi connectivity index (χ4v) is 3.48. The van der Waals surface area contributed by atoms with E-state index in [1.165, 1.54) is 34.3 Å². The predicted molar refractivity (Wildman–Crippen MR) is 104 cm³/mol. The highest BCUT2D eigenvalue weighted by Crippen LogP contribution is 2.22. The predicted octanol–water partition coefficient (Wildman–Crippen LogP) is 3.47. The maximum Gasteiger partial charge on any atom is 0.389 e. The first-order valence-electron chi connectivity index (χ1n) is 8.21. The molecule has 0 saturated carbocycles. The van der Waals surface area contributed by atoms with Crippen molar-refractivity contribution in [3.63, 3.8) is 0 Å². The number of anilines is 2. The minimum absolute atomic E-state index is 0.187. The van der Waals surface area contributed by atoms with Crippen molar-refractivity contribution < 1.29 is 9.31 Å². The molecular weight excluding hydrogens is 423 g/mol. The van der Waals surface area contributed by atoms with E-state index in [4.69, 9.17) is 11.6 Å². The molecular formula is C16H12ClFN8O2S. The number of hydrogen-bond donors (Lipinski definition) is 1. The Kier molecular flexibility index (Phi) is 5.18. The van der Waals surface area contributed by atoms with Gasteiger partial charge < -0.3 is 15.4 Å². The van der Waals surface area contributed by atoms with Crippen LogP contribution in [0.5, 0.6) is 0 Å². The van der Waals surface area contributed by atoms with Gasteiger partial charge in [0.05, 0.1) is 23.9 Å². The molecule has 0 aliphatic carbocycles. The largest absolute Gasteiger partial charge is 0.389 e. The van der Waals surface area contributed by atoms with Crippen molar-refractivity contribution in [1.29, 1.82) is 0 Å². The number of aromatic nitrogens is 6. The molecule has 0 aliphatic rings. The third-order valence-electron chi connectivity index (χ3n) is 3.84. The van der Waals surface area contributed by atoms with Gasteiger partial charge in [0.2, 0.25) is 5.13 Å². The van der Waals surface area contributed by atoms with E-state index < -0.39 is 10.7 Å². The Morgan fingerprint density at radius 3 is 2.69 bits per heavy atom. The van der Waals surface area contributed by atoms with Crippen LogP contribution in [0, 0.1) is 15.9 Å². The lowest BCUT2D eigenvalue weighted by atomic mass is 10.2. The van der Waals surface area contributed by atoms with Gasteiger partial charge in [0.25, 0.3) is 0 Å². The average Bonchev–Trinajstić information content (AvgIpc) is 3.41. The van der Waals surface area contributed by atoms with Gasteiger partial charge in [-0.05, 0) is 17.1 Å². The fourth-order valence-electron chi connectivity index (χ4n) is 2.51. The second kappa shape index (κ2) is 7.93. The smallest absolute Gasteiger partial charge is 0.358 e. The molecule has 3 heterocycles. The first-order chi connectivity index (χ1) is 14.0. The topological polar surface area (TPSA) is 117 Å². The van der Waals surface area contributed by atoms with Crippen LogP contribution in [0.2, 0.25) is 5.02 Å². The summed E-state index contributed by atoms with van der Waals surface area (Å²) in [7, 11) is 0. The van der Waals surface area contributed by atoms with Gasteiger partial charge in [-0.1, -0.05) is 29.0 Å². The number of halogens is 2. The number of hydrogen-bond acceptors (Lipinski definition) is 8. The molecule has 148 valence electrons. The van der Waals surface area contributed by atoms with Crippen LogP contribution in [0.25, 0.3) is 0 Å². The molecule has 3 aromatic heterocycles. The highest BCUT2D eigenvalue weighted by molar-refractivity contribution is 7.15. The van der Waals surface area contributed by atoms with Crippen LogP contribution < -0.4 is 5.32 Å². The Morgan fingerprint density at radius 1 is 1.14 bits per heavy atom. The maximum atomic E-state index is 13.9. The Balaban J connectivity index is 1.41. The Bertz CT molecular complexity index is 1150. The monoisotopic (exact) mass is 434 g/mol. The minimum Gasteiger partial charge on any atom is -0.358 e. The lowest BCUT2D eigenvalue weighted by Crippen LogP contribution is -2.04. The average molecular weight is 435 g/mol. The van der Waals surface area contributed by atoms with Crippen molar-refractivity contribution in [2.24, 2.45) is 0 Å². The van der Waals surface area contributed by atoms with Gasteiger partial charge in [0, 0.05) is 22.8 Å². The Morgan fingerprint density at radius 2 is 1.93 bits per heavy atom. The molecule has 0 aliphatic heterocycles. The van der Waals surface area contributed by atoms with Crippen LogP contribution in [-0.4, -0.2) is 34.7 Å². The normalized spacial score (nSPS) is 11.0. The third kappa shape index (κ3) is 4.38. The van der Waals surface area contributed by atoms with Crippen LogP contribution in [0.15, 0.2) is 42.7 Å². The number of rotatable bonds is 7. The summed E-state index contributed by atoms with van der Waals surface area (Å²) in [6.45, 7) is 0.444. The number of nitrogens with one attached hydrogen (secondary N) is 1. The summed E-state index contributed by atoms with van der Waals surface area (Å²) >= 11 is 7.31. The molecule has 10 nitrogen and oxygen atoms in total. The first-order valence-corrected chi connectivity index (χ1v) is 9.41. The Labute approximate surface area is 171 Å². The van der Waals surface area contributed by atoms with Crippen molar-refractivity contribution >= 4 is 39.7 Å². The second-order valence-electron chi connectivity index (χ2n) is 5.85. The zero-order valence-electron chi connectivity index (χ0n) is 14.6. The molecule has 4 rings (SSSR count). The molecule has 1 N–H and O–H groups in total. The first kappa shape index (κ1) is 19.0. The standard InChI is InChI=1S/C16H12ClFN8O2S/c17-11-2-1-3-12(18)10(11)8-24-6-4-13(22-24)19-16-21-20-15(29-16)9-25-7-5-14(23-25)26(27)28/h1-7H,8-9H2,(H,19,21,22). The molecule has 0 spiro atoms. The molecule has 0 unspecified atom stereocenters. The van der Waals surface area contributed by atoms with E-state index in [1.54, 1.807) is 29.1 Å². The SMILES string of the molecule is O=[N+]([O-])c1ccn(Cc2nnc(Nc3ccn(Cc4c(F)cccc4Cl)n3)s2)n1. The molecule has 0 atom stereocenters. The molecule has 0 radical (unpaired) electrons. The van der Waals surface area contributed by atoms with Gasteiger partial charge in [0.15, 0.2) is 5.82 Å². The second-order valence-corrected chi connectivity index (χ2v) is 7.32. The number of nitrogens with zero attached hydrogens (tertiary/aromatic N) is 7. The fraction of sp³-hybridized carbons (Fsp3) is 0.125. The van der Waals surface area contributed by atoms with Crippen molar-refractivity contribution in [1.82, 2.24) is 29.8 Å². The van der Waals surface area contributed by atoms with Gasteiger partial charge in [-0.15, -0.1) is 10.2 Å². The van der Waals surface area contributed by atoms with E-state index in [1.807, 2.05) is 0 Å². The number of benzene rings is 1.